The van der Waals surface area contributed by atoms with Gasteiger partial charge in [0.1, 0.15) is 11.8 Å². The maximum absolute atomic E-state index is 11.6. The van der Waals surface area contributed by atoms with E-state index in [1.165, 1.54) is 18.3 Å². The number of pyridine rings is 1. The second-order valence-corrected chi connectivity index (χ2v) is 2.97. The second-order valence-electron chi connectivity index (χ2n) is 2.97. The SMILES string of the molecule is C/C=C/C(=O)NC(=O)c1ccncc1[N+](=O)[O-]. The van der Waals surface area contributed by atoms with Gasteiger partial charge in [0.15, 0.2) is 0 Å². The molecule has 0 aromatic carbocycles. The van der Waals surface area contributed by atoms with Crippen molar-refractivity contribution in [2.75, 3.05) is 0 Å². The van der Waals surface area contributed by atoms with Gasteiger partial charge in [0, 0.05) is 6.20 Å². The molecule has 7 nitrogen and oxygen atoms in total. The minimum Gasteiger partial charge on any atom is -0.288 e. The maximum atomic E-state index is 11.6. The van der Waals surface area contributed by atoms with E-state index in [4.69, 9.17) is 0 Å². The Morgan fingerprint density at radius 1 is 1.53 bits per heavy atom. The van der Waals surface area contributed by atoms with Crippen LogP contribution in [0.3, 0.4) is 0 Å². The van der Waals surface area contributed by atoms with E-state index in [0.29, 0.717) is 0 Å². The average Bonchev–Trinajstić information content (AvgIpc) is 2.29. The maximum Gasteiger partial charge on any atom is 0.300 e. The third-order valence-electron chi connectivity index (χ3n) is 1.80. The van der Waals surface area contributed by atoms with Gasteiger partial charge < -0.3 is 0 Å². The second kappa shape index (κ2) is 5.50. The Hall–Kier alpha value is -2.57. The molecule has 0 unspecified atom stereocenters. The van der Waals surface area contributed by atoms with Crippen LogP contribution in [0, 0.1) is 10.1 Å². The molecule has 88 valence electrons. The summed E-state index contributed by atoms with van der Waals surface area (Å²) in [6.07, 6.45) is 4.78. The first-order valence-corrected chi connectivity index (χ1v) is 4.62. The third kappa shape index (κ3) is 3.20. The van der Waals surface area contributed by atoms with Crippen molar-refractivity contribution in [1.82, 2.24) is 10.3 Å². The molecular weight excluding hydrogens is 226 g/mol. The molecule has 1 rings (SSSR count). The predicted octanol–water partition coefficient (Wildman–Crippen LogP) is 0.822. The number of nitro groups is 1. The van der Waals surface area contributed by atoms with Gasteiger partial charge in [-0.25, -0.2) is 0 Å². The molecule has 0 atom stereocenters. The van der Waals surface area contributed by atoms with Crippen molar-refractivity contribution in [3.05, 3.63) is 46.3 Å². The van der Waals surface area contributed by atoms with Crippen LogP contribution in [0.5, 0.6) is 0 Å². The predicted molar refractivity (Wildman–Crippen MR) is 58.2 cm³/mol. The van der Waals surface area contributed by atoms with Gasteiger partial charge in [-0.15, -0.1) is 0 Å². The quantitative estimate of drug-likeness (QED) is 0.474. The van der Waals surface area contributed by atoms with Crippen LogP contribution in [0.4, 0.5) is 5.69 Å². The van der Waals surface area contributed by atoms with Gasteiger partial charge in [-0.2, -0.15) is 0 Å². The number of carbonyl (C=O) groups is 2. The summed E-state index contributed by atoms with van der Waals surface area (Å²) in [6.45, 7) is 1.61. The molecule has 0 fully saturated rings. The molecule has 1 heterocycles. The topological polar surface area (TPSA) is 102 Å². The zero-order chi connectivity index (χ0) is 12.8. The lowest BCUT2D eigenvalue weighted by Crippen LogP contribution is -2.29. The van der Waals surface area contributed by atoms with Crippen molar-refractivity contribution in [3.8, 4) is 0 Å². The van der Waals surface area contributed by atoms with E-state index in [1.54, 1.807) is 6.92 Å². The van der Waals surface area contributed by atoms with Crippen LogP contribution in [0.1, 0.15) is 17.3 Å². The minimum absolute atomic E-state index is 0.206. The van der Waals surface area contributed by atoms with Gasteiger partial charge in [-0.3, -0.25) is 30.0 Å². The number of aromatic nitrogens is 1. The number of nitrogens with zero attached hydrogens (tertiary/aromatic N) is 2. The van der Waals surface area contributed by atoms with Gasteiger partial charge in [0.05, 0.1) is 4.92 Å². The summed E-state index contributed by atoms with van der Waals surface area (Å²) in [5.41, 5.74) is -0.652. The summed E-state index contributed by atoms with van der Waals surface area (Å²) in [4.78, 5) is 36.1. The summed E-state index contributed by atoms with van der Waals surface area (Å²) >= 11 is 0. The Balaban J connectivity index is 2.97. The highest BCUT2D eigenvalue weighted by Crippen LogP contribution is 2.15. The van der Waals surface area contributed by atoms with Crippen LogP contribution < -0.4 is 5.32 Å². The van der Waals surface area contributed by atoms with Crippen molar-refractivity contribution >= 4 is 17.5 Å². The lowest BCUT2D eigenvalue weighted by Gasteiger charge is -2.01. The lowest BCUT2D eigenvalue weighted by molar-refractivity contribution is -0.385. The fourth-order valence-electron chi connectivity index (χ4n) is 1.10. The molecule has 0 saturated carbocycles. The molecule has 0 aliphatic rings. The zero-order valence-electron chi connectivity index (χ0n) is 8.91. The monoisotopic (exact) mass is 235 g/mol. The summed E-state index contributed by atoms with van der Waals surface area (Å²) in [7, 11) is 0. The Bertz CT molecular complexity index is 496. The number of rotatable bonds is 3. The largest absolute Gasteiger partial charge is 0.300 e. The van der Waals surface area contributed by atoms with E-state index in [2.05, 4.69) is 4.98 Å². The van der Waals surface area contributed by atoms with E-state index in [1.807, 2.05) is 5.32 Å². The van der Waals surface area contributed by atoms with Gasteiger partial charge in [-0.1, -0.05) is 6.08 Å². The first kappa shape index (κ1) is 12.5. The minimum atomic E-state index is -0.831. The van der Waals surface area contributed by atoms with Gasteiger partial charge >= 0.3 is 0 Å². The van der Waals surface area contributed by atoms with Crippen molar-refractivity contribution in [2.45, 2.75) is 6.92 Å². The fraction of sp³-hybridized carbons (Fsp3) is 0.100. The van der Waals surface area contributed by atoms with Crippen LogP contribution in [-0.4, -0.2) is 21.7 Å². The van der Waals surface area contributed by atoms with Crippen LogP contribution in [0.25, 0.3) is 0 Å². The number of allylic oxidation sites excluding steroid dienone is 1. The van der Waals surface area contributed by atoms with Gasteiger partial charge in [0.25, 0.3) is 11.6 Å². The first-order chi connectivity index (χ1) is 8.06. The van der Waals surface area contributed by atoms with Gasteiger partial charge in [0.2, 0.25) is 5.91 Å². The summed E-state index contributed by atoms with van der Waals surface area (Å²) in [6, 6.07) is 1.18. The van der Waals surface area contributed by atoms with Crippen molar-refractivity contribution < 1.29 is 14.5 Å². The van der Waals surface area contributed by atoms with Crippen molar-refractivity contribution in [3.63, 3.8) is 0 Å². The molecule has 0 radical (unpaired) electrons. The third-order valence-corrected chi connectivity index (χ3v) is 1.80. The Labute approximate surface area is 96.3 Å². The number of carbonyl (C=O) groups excluding carboxylic acids is 2. The van der Waals surface area contributed by atoms with Gasteiger partial charge in [-0.05, 0) is 19.1 Å². The van der Waals surface area contributed by atoms with E-state index in [9.17, 15) is 19.7 Å². The molecule has 1 N–H and O–H groups in total. The number of amides is 2. The molecule has 0 spiro atoms. The number of hydrogen-bond acceptors (Lipinski definition) is 5. The van der Waals surface area contributed by atoms with Crippen LogP contribution in [0.15, 0.2) is 30.6 Å². The molecule has 1 aromatic heterocycles. The normalized spacial score (nSPS) is 10.2. The molecule has 0 bridgehead atoms. The first-order valence-electron chi connectivity index (χ1n) is 4.62. The standard InChI is InChI=1S/C10H9N3O4/c1-2-3-9(14)12-10(15)7-4-5-11-6-8(7)13(16)17/h2-6H,1H3,(H,12,14,15)/b3-2+. The van der Waals surface area contributed by atoms with E-state index >= 15 is 0 Å². The Kier molecular flexibility index (Phi) is 4.04. The smallest absolute Gasteiger partial charge is 0.288 e. The fourth-order valence-corrected chi connectivity index (χ4v) is 1.10. The van der Waals surface area contributed by atoms with Crippen molar-refractivity contribution in [1.29, 1.82) is 0 Å². The Morgan fingerprint density at radius 3 is 2.82 bits per heavy atom. The number of imide groups is 1. The number of nitrogens with one attached hydrogen (secondary N) is 1. The van der Waals surface area contributed by atoms with Crippen LogP contribution in [0.2, 0.25) is 0 Å². The van der Waals surface area contributed by atoms with E-state index in [-0.39, 0.29) is 5.56 Å². The molecule has 2 amide bonds. The van der Waals surface area contributed by atoms with E-state index < -0.39 is 22.4 Å². The van der Waals surface area contributed by atoms with Crippen LogP contribution >= 0.6 is 0 Å². The zero-order valence-corrected chi connectivity index (χ0v) is 8.91. The summed E-state index contributed by atoms with van der Waals surface area (Å²) < 4.78 is 0. The molecule has 7 heteroatoms. The van der Waals surface area contributed by atoms with Crippen molar-refractivity contribution in [2.24, 2.45) is 0 Å². The van der Waals surface area contributed by atoms with Crippen LogP contribution in [-0.2, 0) is 4.79 Å². The average molecular weight is 235 g/mol. The van der Waals surface area contributed by atoms with E-state index in [0.717, 1.165) is 12.3 Å². The molecular formula is C10H9N3O4. The summed E-state index contributed by atoms with van der Waals surface area (Å²) in [5.74, 6) is -1.47. The highest BCUT2D eigenvalue weighted by Gasteiger charge is 2.20. The Morgan fingerprint density at radius 2 is 2.24 bits per heavy atom. The molecule has 0 aliphatic carbocycles. The highest BCUT2D eigenvalue weighted by molar-refractivity contribution is 6.09. The molecule has 0 saturated heterocycles. The highest BCUT2D eigenvalue weighted by atomic mass is 16.6. The molecule has 17 heavy (non-hydrogen) atoms. The molecule has 1 aromatic rings. The lowest BCUT2D eigenvalue weighted by atomic mass is 10.2. The molecule has 0 aliphatic heterocycles. The number of hydrogen-bond donors (Lipinski definition) is 1. The summed E-state index contributed by atoms with van der Waals surface area (Å²) in [5, 5.41) is 12.6.